The van der Waals surface area contributed by atoms with E-state index in [9.17, 15) is 4.79 Å². The third-order valence-electron chi connectivity index (χ3n) is 5.30. The number of anilines is 1. The molecule has 4 rings (SSSR count). The van der Waals surface area contributed by atoms with E-state index in [2.05, 4.69) is 14.6 Å². The van der Waals surface area contributed by atoms with Crippen LogP contribution in [0, 0.1) is 5.41 Å². The van der Waals surface area contributed by atoms with E-state index >= 15 is 0 Å². The summed E-state index contributed by atoms with van der Waals surface area (Å²) in [5.74, 6) is -0.137. The molecule has 0 radical (unpaired) electrons. The summed E-state index contributed by atoms with van der Waals surface area (Å²) in [4.78, 5) is 24.5. The minimum atomic E-state index is -0.127. The molecule has 0 aliphatic carbocycles. The molecule has 1 saturated heterocycles. The highest BCUT2D eigenvalue weighted by molar-refractivity contribution is 7.99. The van der Waals surface area contributed by atoms with Gasteiger partial charge in [0.15, 0.2) is 15.4 Å². The second-order valence-corrected chi connectivity index (χ2v) is 11.3. The van der Waals surface area contributed by atoms with Crippen LogP contribution in [0.1, 0.15) is 25.3 Å². The van der Waals surface area contributed by atoms with Gasteiger partial charge in [-0.1, -0.05) is 29.3 Å². The molecule has 13 heteroatoms. The zero-order valence-corrected chi connectivity index (χ0v) is 22.2. The molecular weight excluding hydrogens is 533 g/mol. The van der Waals surface area contributed by atoms with Gasteiger partial charge in [0.1, 0.15) is 11.4 Å². The topological polar surface area (TPSA) is 111 Å². The first-order valence-electron chi connectivity index (χ1n) is 10.4. The van der Waals surface area contributed by atoms with Crippen LogP contribution in [0.5, 0.6) is 0 Å². The predicted octanol–water partition coefficient (Wildman–Crippen LogP) is 5.08. The maximum atomic E-state index is 11.1. The second-order valence-electron chi connectivity index (χ2n) is 7.79. The molecule has 8 nitrogen and oxygen atoms in total. The van der Waals surface area contributed by atoms with Crippen LogP contribution in [0.15, 0.2) is 33.3 Å². The lowest BCUT2D eigenvalue weighted by Gasteiger charge is -2.37. The molecule has 3 heterocycles. The van der Waals surface area contributed by atoms with E-state index < -0.39 is 0 Å². The van der Waals surface area contributed by atoms with Crippen LogP contribution in [-0.2, 0) is 11.3 Å². The number of rotatable bonds is 7. The first-order valence-corrected chi connectivity index (χ1v) is 13.8. The van der Waals surface area contributed by atoms with Crippen molar-refractivity contribution in [2.45, 2.75) is 36.7 Å². The fourth-order valence-electron chi connectivity index (χ4n) is 3.72. The highest BCUT2D eigenvalue weighted by atomic mass is 35.5. The van der Waals surface area contributed by atoms with Crippen LogP contribution >= 0.6 is 57.8 Å². The number of carbonyl (C=O) groups excluding carboxylic acids is 1. The molecule has 0 spiro atoms. The lowest BCUT2D eigenvalue weighted by atomic mass is 10.0. The molecule has 3 aromatic rings. The van der Waals surface area contributed by atoms with Crippen LogP contribution < -0.4 is 15.4 Å². The first-order chi connectivity index (χ1) is 16.3. The van der Waals surface area contributed by atoms with E-state index in [1.54, 1.807) is 0 Å². The van der Waals surface area contributed by atoms with E-state index in [0.717, 1.165) is 53.8 Å². The summed E-state index contributed by atoms with van der Waals surface area (Å²) in [6, 6.07) is 5.83. The molecular formula is C21H23Cl2N7OS3. The van der Waals surface area contributed by atoms with Crippen molar-refractivity contribution in [2.24, 2.45) is 5.73 Å². The number of guanidine groups is 1. The number of benzene rings is 1. The van der Waals surface area contributed by atoms with Gasteiger partial charge in [-0.25, -0.2) is 9.97 Å². The summed E-state index contributed by atoms with van der Waals surface area (Å²) in [5.41, 5.74) is 8.58. The maximum absolute atomic E-state index is 11.1. The number of carbonyl (C=O) groups is 1. The largest absolute Gasteiger partial charge is 0.370 e. The molecule has 2 aromatic heterocycles. The Morgan fingerprint density at radius 3 is 2.62 bits per heavy atom. The zero-order valence-electron chi connectivity index (χ0n) is 18.3. The van der Waals surface area contributed by atoms with Gasteiger partial charge in [0, 0.05) is 55.3 Å². The van der Waals surface area contributed by atoms with Crippen molar-refractivity contribution >= 4 is 74.8 Å². The van der Waals surface area contributed by atoms with Gasteiger partial charge in [0.25, 0.3) is 0 Å². The fraction of sp³-hybridized carbons (Fsp3) is 0.333. The van der Waals surface area contributed by atoms with Crippen molar-refractivity contribution < 1.29 is 4.79 Å². The lowest BCUT2D eigenvalue weighted by Crippen LogP contribution is -2.49. The molecule has 1 fully saturated rings. The quantitative estimate of drug-likeness (QED) is 0.211. The van der Waals surface area contributed by atoms with Gasteiger partial charge < -0.3 is 5.73 Å². The number of amides is 1. The number of hydrogen-bond acceptors (Lipinski definition) is 8. The third kappa shape index (κ3) is 6.21. The molecule has 34 heavy (non-hydrogen) atoms. The van der Waals surface area contributed by atoms with Gasteiger partial charge >= 0.3 is 0 Å². The number of hydrogen-bond donors (Lipinski definition) is 3. The van der Waals surface area contributed by atoms with Gasteiger partial charge in [-0.2, -0.15) is 0 Å². The summed E-state index contributed by atoms with van der Waals surface area (Å²) < 4.78 is 3.40. The maximum Gasteiger partial charge on any atom is 0.227 e. The summed E-state index contributed by atoms with van der Waals surface area (Å²) in [7, 11) is 0. The number of piperidine rings is 1. The second kappa shape index (κ2) is 11.2. The Kier molecular flexibility index (Phi) is 8.33. The van der Waals surface area contributed by atoms with Crippen molar-refractivity contribution in [1.29, 1.82) is 5.41 Å². The Balaban J connectivity index is 1.39. The summed E-state index contributed by atoms with van der Waals surface area (Å²) in [6.45, 7) is 4.02. The van der Waals surface area contributed by atoms with Crippen LogP contribution in [0.2, 0.25) is 10.0 Å². The minimum Gasteiger partial charge on any atom is -0.370 e. The Hall–Kier alpha value is -1.89. The van der Waals surface area contributed by atoms with Crippen LogP contribution in [0.4, 0.5) is 5.13 Å². The minimum absolute atomic E-state index is 0.0102. The third-order valence-corrected chi connectivity index (χ3v) is 8.70. The van der Waals surface area contributed by atoms with Gasteiger partial charge in [-0.15, -0.1) is 22.7 Å². The molecule has 180 valence electrons. The lowest BCUT2D eigenvalue weighted by molar-refractivity contribution is -0.117. The molecule has 0 atom stereocenters. The summed E-state index contributed by atoms with van der Waals surface area (Å²) in [6.07, 6.45) is 1.73. The van der Waals surface area contributed by atoms with Crippen LogP contribution in [0.3, 0.4) is 0 Å². The standard InChI is InChI=1S/C21H23Cl2N7OS3/c1-12(31)28-34-21-27-18(11-33-21)17-10-32-20(26-17)30(19(24)25)14-4-6-29(7-5-14)9-13-2-3-15(22)16(23)8-13/h2-3,8,10-11,14H,4-7,9H2,1H3,(H3,24,25)(H,28,31). The number of nitrogens with zero attached hydrogens (tertiary/aromatic N) is 4. The highest BCUT2D eigenvalue weighted by Crippen LogP contribution is 2.33. The number of halogens is 2. The molecule has 1 aliphatic rings. The molecule has 1 amide bonds. The fourth-order valence-corrected chi connectivity index (χ4v) is 6.31. The number of nitrogens with two attached hydrogens (primary N) is 1. The van der Waals surface area contributed by atoms with E-state index in [-0.39, 0.29) is 17.9 Å². The van der Waals surface area contributed by atoms with Gasteiger partial charge in [0.2, 0.25) is 5.91 Å². The van der Waals surface area contributed by atoms with Crippen LogP contribution in [-0.4, -0.2) is 45.9 Å². The van der Waals surface area contributed by atoms with Crippen molar-refractivity contribution in [2.75, 3.05) is 18.0 Å². The Morgan fingerprint density at radius 2 is 1.94 bits per heavy atom. The molecule has 0 bridgehead atoms. The molecule has 0 unspecified atom stereocenters. The molecule has 1 aromatic carbocycles. The van der Waals surface area contributed by atoms with Gasteiger partial charge in [-0.3, -0.25) is 24.7 Å². The molecule has 0 saturated carbocycles. The average Bonchev–Trinajstić information content (AvgIpc) is 3.46. The number of nitrogens with one attached hydrogen (secondary N) is 2. The summed E-state index contributed by atoms with van der Waals surface area (Å²) in [5, 5.41) is 13.8. The smallest absolute Gasteiger partial charge is 0.227 e. The zero-order chi connectivity index (χ0) is 24.2. The Labute approximate surface area is 220 Å². The van der Waals surface area contributed by atoms with Crippen molar-refractivity contribution in [3.05, 3.63) is 44.6 Å². The number of likely N-dealkylation sites (tertiary alicyclic amines) is 1. The SMILES string of the molecule is CC(=O)NSc1nc(-c2csc(N(C(=N)N)C3CCN(Cc4ccc(Cl)c(Cl)c4)CC3)n2)cs1. The summed E-state index contributed by atoms with van der Waals surface area (Å²) >= 11 is 16.3. The van der Waals surface area contributed by atoms with E-state index in [4.69, 9.17) is 39.3 Å². The average molecular weight is 557 g/mol. The predicted molar refractivity (Wildman–Crippen MR) is 142 cm³/mol. The Morgan fingerprint density at radius 1 is 1.24 bits per heavy atom. The van der Waals surface area contributed by atoms with E-state index in [1.807, 2.05) is 33.9 Å². The van der Waals surface area contributed by atoms with Crippen molar-refractivity contribution in [3.8, 4) is 11.4 Å². The molecule has 4 N–H and O–H groups in total. The van der Waals surface area contributed by atoms with E-state index in [1.165, 1.54) is 41.5 Å². The van der Waals surface area contributed by atoms with Gasteiger partial charge in [-0.05, 0) is 30.5 Å². The van der Waals surface area contributed by atoms with Crippen molar-refractivity contribution in [3.63, 3.8) is 0 Å². The van der Waals surface area contributed by atoms with Crippen LogP contribution in [0.25, 0.3) is 11.4 Å². The molecule has 1 aliphatic heterocycles. The highest BCUT2D eigenvalue weighted by Gasteiger charge is 2.29. The Bertz CT molecular complexity index is 1180. The monoisotopic (exact) mass is 555 g/mol. The van der Waals surface area contributed by atoms with E-state index in [0.29, 0.717) is 15.2 Å². The van der Waals surface area contributed by atoms with Crippen molar-refractivity contribution in [1.82, 2.24) is 19.6 Å². The number of thiazole rings is 2. The normalized spacial score (nSPS) is 14.8. The first kappa shape index (κ1) is 25.2. The van der Waals surface area contributed by atoms with Gasteiger partial charge in [0.05, 0.1) is 10.0 Å². The number of aromatic nitrogens is 2.